The first kappa shape index (κ1) is 15.9. The first-order chi connectivity index (χ1) is 13.2. The molecule has 2 unspecified atom stereocenters. The Hall–Kier alpha value is -2.16. The number of rotatable bonds is 2. The molecule has 2 saturated heterocycles. The van der Waals surface area contributed by atoms with Gasteiger partial charge in [-0.15, -0.1) is 0 Å². The van der Waals surface area contributed by atoms with Crippen LogP contribution < -0.4 is 9.80 Å². The van der Waals surface area contributed by atoms with Gasteiger partial charge in [0.15, 0.2) is 0 Å². The summed E-state index contributed by atoms with van der Waals surface area (Å²) in [5.74, 6) is 0. The molecule has 3 aromatic carbocycles. The molecule has 0 aromatic heterocycles. The second-order valence-electron chi connectivity index (χ2n) is 7.66. The van der Waals surface area contributed by atoms with Crippen LogP contribution >= 0.6 is 23.2 Å². The second-order valence-corrected chi connectivity index (χ2v) is 8.48. The summed E-state index contributed by atoms with van der Waals surface area (Å²) in [6, 6.07) is 29.8. The molecule has 4 heteroatoms. The Morgan fingerprint density at radius 1 is 0.593 bits per heavy atom. The molecule has 0 amide bonds. The van der Waals surface area contributed by atoms with Crippen molar-refractivity contribution in [2.45, 2.75) is 28.5 Å². The largest absolute Gasteiger partial charge is 0.338 e. The first-order valence-corrected chi connectivity index (χ1v) is 10.2. The summed E-state index contributed by atoms with van der Waals surface area (Å²) < 4.78 is 0. The summed E-state index contributed by atoms with van der Waals surface area (Å²) in [7, 11) is 0. The number of halogens is 2. The zero-order chi connectivity index (χ0) is 18.2. The maximum atomic E-state index is 6.99. The third-order valence-corrected chi connectivity index (χ3v) is 7.57. The SMILES string of the molecule is ClC1N2c3ccccc3N3C(Cl)[C@]3(c3ccccc3)C[C@@]12c1ccccc1. The van der Waals surface area contributed by atoms with Gasteiger partial charge in [-0.05, 0) is 23.3 Å². The lowest BCUT2D eigenvalue weighted by atomic mass is 9.83. The number of anilines is 2. The van der Waals surface area contributed by atoms with Crippen molar-refractivity contribution in [3.63, 3.8) is 0 Å². The van der Waals surface area contributed by atoms with E-state index in [0.29, 0.717) is 0 Å². The molecule has 3 aliphatic heterocycles. The van der Waals surface area contributed by atoms with Crippen molar-refractivity contribution in [3.8, 4) is 0 Å². The Balaban J connectivity index is 1.61. The van der Waals surface area contributed by atoms with Crippen LogP contribution in [0.5, 0.6) is 0 Å². The fourth-order valence-electron chi connectivity index (χ4n) is 5.10. The molecule has 0 N–H and O–H groups in total. The molecule has 134 valence electrons. The van der Waals surface area contributed by atoms with Gasteiger partial charge < -0.3 is 9.80 Å². The van der Waals surface area contributed by atoms with Crippen molar-refractivity contribution >= 4 is 34.6 Å². The number of alkyl halides is 2. The Morgan fingerprint density at radius 2 is 0.963 bits per heavy atom. The van der Waals surface area contributed by atoms with Gasteiger partial charge in [-0.3, -0.25) is 0 Å². The van der Waals surface area contributed by atoms with Crippen molar-refractivity contribution < 1.29 is 0 Å². The Morgan fingerprint density at radius 3 is 1.37 bits per heavy atom. The average Bonchev–Trinajstić information content (AvgIpc) is 3.55. The zero-order valence-corrected chi connectivity index (χ0v) is 16.1. The highest BCUT2D eigenvalue weighted by atomic mass is 35.5. The van der Waals surface area contributed by atoms with E-state index >= 15 is 0 Å². The van der Waals surface area contributed by atoms with Gasteiger partial charge in [-0.25, -0.2) is 0 Å². The van der Waals surface area contributed by atoms with E-state index in [4.69, 9.17) is 23.2 Å². The molecule has 6 rings (SSSR count). The number of nitrogens with zero attached hydrogens (tertiary/aromatic N) is 2. The number of benzene rings is 3. The predicted octanol–water partition coefficient (Wildman–Crippen LogP) is 5.65. The van der Waals surface area contributed by atoms with Gasteiger partial charge in [0.25, 0.3) is 0 Å². The van der Waals surface area contributed by atoms with E-state index in [1.165, 1.54) is 22.5 Å². The van der Waals surface area contributed by atoms with Gasteiger partial charge in [0, 0.05) is 6.42 Å². The molecule has 2 fully saturated rings. The lowest BCUT2D eigenvalue weighted by molar-refractivity contribution is 0.513. The lowest BCUT2D eigenvalue weighted by Crippen LogP contribution is -2.26. The summed E-state index contributed by atoms with van der Waals surface area (Å²) >= 11 is 14.0. The van der Waals surface area contributed by atoms with Gasteiger partial charge in [0.05, 0.1) is 11.4 Å². The number of hydrogen-bond acceptors (Lipinski definition) is 2. The number of hydrogen-bond donors (Lipinski definition) is 0. The highest BCUT2D eigenvalue weighted by molar-refractivity contribution is 6.29. The maximum absolute atomic E-state index is 6.99. The normalized spacial score (nSPS) is 32.8. The molecule has 3 heterocycles. The van der Waals surface area contributed by atoms with E-state index < -0.39 is 0 Å². The van der Waals surface area contributed by atoms with E-state index in [1.807, 2.05) is 0 Å². The van der Waals surface area contributed by atoms with E-state index in [-0.39, 0.29) is 22.1 Å². The molecule has 0 bridgehead atoms. The summed E-state index contributed by atoms with van der Waals surface area (Å²) in [5.41, 5.74) is 4.21. The van der Waals surface area contributed by atoms with Gasteiger partial charge >= 0.3 is 0 Å². The van der Waals surface area contributed by atoms with Crippen LogP contribution in [0.4, 0.5) is 11.4 Å². The van der Waals surface area contributed by atoms with E-state index in [2.05, 4.69) is 94.7 Å². The smallest absolute Gasteiger partial charge is 0.133 e. The molecule has 0 saturated carbocycles. The van der Waals surface area contributed by atoms with E-state index in [1.54, 1.807) is 0 Å². The van der Waals surface area contributed by atoms with Crippen molar-refractivity contribution in [3.05, 3.63) is 96.1 Å². The molecule has 3 aliphatic rings. The van der Waals surface area contributed by atoms with Crippen LogP contribution in [-0.2, 0) is 11.1 Å². The van der Waals surface area contributed by atoms with Gasteiger partial charge in [-0.1, -0.05) is 96.0 Å². The Labute approximate surface area is 168 Å². The van der Waals surface area contributed by atoms with E-state index in [0.717, 1.165) is 6.42 Å². The second kappa shape index (κ2) is 5.21. The van der Waals surface area contributed by atoms with Crippen LogP contribution in [0.25, 0.3) is 0 Å². The first-order valence-electron chi connectivity index (χ1n) is 9.28. The molecule has 4 atom stereocenters. The summed E-state index contributed by atoms with van der Waals surface area (Å²) in [4.78, 5) is 4.72. The minimum Gasteiger partial charge on any atom is -0.338 e. The third-order valence-electron chi connectivity index (χ3n) is 6.45. The van der Waals surface area contributed by atoms with Gasteiger partial charge in [0.1, 0.15) is 22.1 Å². The van der Waals surface area contributed by atoms with Crippen LogP contribution in [0, 0.1) is 0 Å². The summed E-state index contributed by atoms with van der Waals surface area (Å²) in [6.45, 7) is 0. The van der Waals surface area contributed by atoms with Gasteiger partial charge in [0.2, 0.25) is 0 Å². The molecular formula is C23H18Cl2N2. The monoisotopic (exact) mass is 392 g/mol. The molecule has 0 spiro atoms. The fourth-order valence-corrected chi connectivity index (χ4v) is 6.16. The number of fused-ring (bicyclic) bond motifs is 5. The zero-order valence-electron chi connectivity index (χ0n) is 14.6. The Bertz CT molecular complexity index is 942. The average molecular weight is 393 g/mol. The summed E-state index contributed by atoms with van der Waals surface area (Å²) in [6.07, 6.45) is 0.866. The minimum atomic E-state index is -0.243. The number of para-hydroxylation sites is 2. The highest BCUT2D eigenvalue weighted by Gasteiger charge is 2.76. The molecule has 27 heavy (non-hydrogen) atoms. The Kier molecular flexibility index (Phi) is 3.06. The minimum absolute atomic E-state index is 0.0757. The van der Waals surface area contributed by atoms with Crippen LogP contribution in [-0.4, -0.2) is 11.0 Å². The van der Waals surface area contributed by atoms with Crippen LogP contribution in [0.2, 0.25) is 0 Å². The van der Waals surface area contributed by atoms with Crippen LogP contribution in [0.15, 0.2) is 84.9 Å². The fraction of sp³-hybridized carbons (Fsp3) is 0.217. The van der Waals surface area contributed by atoms with Crippen molar-refractivity contribution in [2.75, 3.05) is 9.80 Å². The molecule has 2 nitrogen and oxygen atoms in total. The highest BCUT2D eigenvalue weighted by Crippen LogP contribution is 2.71. The molecule has 3 aromatic rings. The molecular weight excluding hydrogens is 375 g/mol. The third kappa shape index (κ3) is 1.83. The lowest BCUT2D eigenvalue weighted by Gasteiger charge is -2.23. The topological polar surface area (TPSA) is 6.02 Å². The predicted molar refractivity (Wildman–Crippen MR) is 112 cm³/mol. The summed E-state index contributed by atoms with van der Waals surface area (Å²) in [5, 5.41) is 0. The maximum Gasteiger partial charge on any atom is 0.133 e. The molecule has 0 aliphatic carbocycles. The van der Waals surface area contributed by atoms with E-state index in [9.17, 15) is 0 Å². The molecule has 0 radical (unpaired) electrons. The van der Waals surface area contributed by atoms with Gasteiger partial charge in [-0.2, -0.15) is 0 Å². The quantitative estimate of drug-likeness (QED) is 0.315. The van der Waals surface area contributed by atoms with Crippen molar-refractivity contribution in [1.29, 1.82) is 0 Å². The van der Waals surface area contributed by atoms with Crippen LogP contribution in [0.1, 0.15) is 17.5 Å². The van der Waals surface area contributed by atoms with Crippen LogP contribution in [0.3, 0.4) is 0 Å². The van der Waals surface area contributed by atoms with Crippen molar-refractivity contribution in [2.24, 2.45) is 0 Å². The van der Waals surface area contributed by atoms with Crippen molar-refractivity contribution in [1.82, 2.24) is 0 Å². The standard InChI is InChI=1S/C23H18Cl2N2/c24-20-22(16-9-3-1-4-10-16)15-23(17-11-5-2-6-12-17)21(25)27(23)19-14-8-7-13-18(19)26(20)22/h1-14,20-21H,15H2/t20?,21?,22-,23-,26?,27?/m1/s1.